The van der Waals surface area contributed by atoms with Crippen LogP contribution in [-0.2, 0) is 0 Å². The van der Waals surface area contributed by atoms with Crippen molar-refractivity contribution in [3.8, 4) is 29.2 Å². The molecule has 0 unspecified atom stereocenters. The molecule has 4 aromatic rings. The number of hydrogen-bond acceptors (Lipinski definition) is 6. The lowest BCUT2D eigenvalue weighted by atomic mass is 10.4. The van der Waals surface area contributed by atoms with E-state index in [4.69, 9.17) is 13.3 Å². The molecule has 0 saturated carbocycles. The van der Waals surface area contributed by atoms with Crippen LogP contribution in [0.25, 0.3) is 29.2 Å². The van der Waals surface area contributed by atoms with E-state index in [2.05, 4.69) is 16.3 Å². The van der Waals surface area contributed by atoms with E-state index >= 15 is 0 Å². The highest BCUT2D eigenvalue weighted by atomic mass is 16.4. The molecule has 0 radical (unpaired) electrons. The number of aromatic nitrogens is 3. The van der Waals surface area contributed by atoms with Crippen LogP contribution in [-0.4, -0.2) is 21.3 Å². The zero-order chi connectivity index (χ0) is 16.6. The van der Waals surface area contributed by atoms with E-state index in [0.717, 1.165) is 18.8 Å². The third-order valence-electron chi connectivity index (χ3n) is 3.99. The summed E-state index contributed by atoms with van der Waals surface area (Å²) in [4.78, 5) is 2.04. The maximum atomic E-state index is 5.81. The Kier molecular flexibility index (Phi) is 3.09. The molecule has 5 heterocycles. The lowest BCUT2D eigenvalue weighted by Gasteiger charge is -2.10. The second-order valence-electron chi connectivity index (χ2n) is 5.65. The summed E-state index contributed by atoms with van der Waals surface area (Å²) in [6, 6.07) is 11.2. The molecule has 1 aliphatic heterocycles. The Labute approximate surface area is 142 Å². The molecular formula is C18H14N4O3. The van der Waals surface area contributed by atoms with Crippen molar-refractivity contribution in [2.75, 3.05) is 11.4 Å². The molecule has 0 atom stereocenters. The highest BCUT2D eigenvalue weighted by Crippen LogP contribution is 2.30. The van der Waals surface area contributed by atoms with Gasteiger partial charge in [0.05, 0.1) is 0 Å². The molecule has 0 N–H and O–H groups in total. The Morgan fingerprint density at radius 3 is 2.16 bits per heavy atom. The molecule has 4 aromatic heterocycles. The van der Waals surface area contributed by atoms with Crippen molar-refractivity contribution in [1.29, 1.82) is 0 Å². The molecule has 25 heavy (non-hydrogen) atoms. The van der Waals surface area contributed by atoms with E-state index in [-0.39, 0.29) is 0 Å². The molecule has 0 aliphatic carbocycles. The third kappa shape index (κ3) is 2.46. The van der Waals surface area contributed by atoms with Crippen LogP contribution >= 0.6 is 0 Å². The minimum Gasteiger partial charge on any atom is -0.435 e. The van der Waals surface area contributed by atoms with Gasteiger partial charge in [0.15, 0.2) is 17.4 Å². The fourth-order valence-electron chi connectivity index (χ4n) is 2.76. The van der Waals surface area contributed by atoms with Crippen LogP contribution in [0.4, 0.5) is 5.88 Å². The lowest BCUT2D eigenvalue weighted by Crippen LogP contribution is -2.10. The van der Waals surface area contributed by atoms with E-state index in [9.17, 15) is 0 Å². The van der Waals surface area contributed by atoms with Crippen LogP contribution in [0.5, 0.6) is 0 Å². The summed E-state index contributed by atoms with van der Waals surface area (Å²) in [6.07, 6.45) is 8.93. The van der Waals surface area contributed by atoms with Crippen LogP contribution in [0.3, 0.4) is 0 Å². The first-order valence-electron chi connectivity index (χ1n) is 7.97. The molecule has 5 rings (SSSR count). The van der Waals surface area contributed by atoms with Gasteiger partial charge in [-0.15, -0.1) is 10.2 Å². The molecule has 0 bridgehead atoms. The Bertz CT molecular complexity index is 1020. The maximum Gasteiger partial charge on any atom is 0.284 e. The average Bonchev–Trinajstić information content (AvgIpc) is 3.48. The molecular weight excluding hydrogens is 320 g/mol. The molecule has 1 aliphatic rings. The monoisotopic (exact) mass is 334 g/mol. The van der Waals surface area contributed by atoms with Gasteiger partial charge in [-0.2, -0.15) is 0 Å². The minimum absolute atomic E-state index is 0.312. The van der Waals surface area contributed by atoms with Gasteiger partial charge in [0, 0.05) is 37.3 Å². The van der Waals surface area contributed by atoms with Crippen molar-refractivity contribution >= 4 is 5.88 Å². The van der Waals surface area contributed by atoms with E-state index in [0.29, 0.717) is 29.2 Å². The van der Waals surface area contributed by atoms with Crippen molar-refractivity contribution in [2.24, 2.45) is 0 Å². The van der Waals surface area contributed by atoms with Gasteiger partial charge in [-0.3, -0.25) is 4.57 Å². The Balaban J connectivity index is 1.41. The van der Waals surface area contributed by atoms with Gasteiger partial charge in [-0.05, 0) is 30.7 Å². The fraction of sp³-hybridized carbons (Fsp3) is 0.111. The molecule has 0 spiro atoms. The first kappa shape index (κ1) is 13.9. The molecule has 124 valence electrons. The molecule has 0 fully saturated rings. The van der Waals surface area contributed by atoms with Crippen molar-refractivity contribution in [3.05, 3.63) is 61.1 Å². The van der Waals surface area contributed by atoms with E-state index < -0.39 is 0 Å². The number of hydrogen-bond donors (Lipinski definition) is 0. The summed E-state index contributed by atoms with van der Waals surface area (Å²) < 4.78 is 19.2. The average molecular weight is 334 g/mol. The number of furan rings is 2. The summed E-state index contributed by atoms with van der Waals surface area (Å²) in [7, 11) is 0. The van der Waals surface area contributed by atoms with Gasteiger partial charge < -0.3 is 18.2 Å². The van der Waals surface area contributed by atoms with E-state index in [1.165, 1.54) is 0 Å². The summed E-state index contributed by atoms with van der Waals surface area (Å²) >= 11 is 0. The Hall–Kier alpha value is -3.48. The maximum absolute atomic E-state index is 5.81. The van der Waals surface area contributed by atoms with Crippen LogP contribution in [0, 0.1) is 0 Å². The van der Waals surface area contributed by atoms with Gasteiger partial charge in [0.2, 0.25) is 5.88 Å². The van der Waals surface area contributed by atoms with E-state index in [1.54, 1.807) is 6.07 Å². The topological polar surface area (TPSA) is 73.4 Å². The van der Waals surface area contributed by atoms with Crippen LogP contribution < -0.4 is 4.90 Å². The van der Waals surface area contributed by atoms with Crippen molar-refractivity contribution in [3.63, 3.8) is 0 Å². The number of anilines is 1. The normalized spacial score (nSPS) is 13.8. The zero-order valence-corrected chi connectivity index (χ0v) is 13.2. The standard InChI is InChI=1S/C18H14N4O3/c1-2-10-21(9-1)15-7-5-13(23-15)17-19-20-18(25-17)14-6-8-16(24-14)22-11-3-4-12-22/h1-3,5-11H,4,12H2. The summed E-state index contributed by atoms with van der Waals surface area (Å²) in [5.41, 5.74) is 0. The Morgan fingerprint density at radius 2 is 1.48 bits per heavy atom. The molecule has 7 nitrogen and oxygen atoms in total. The van der Waals surface area contributed by atoms with Gasteiger partial charge in [-0.25, -0.2) is 0 Å². The summed E-state index contributed by atoms with van der Waals surface area (Å²) in [5.74, 6) is 3.12. The quantitative estimate of drug-likeness (QED) is 0.559. The Morgan fingerprint density at radius 1 is 0.800 bits per heavy atom. The molecule has 0 amide bonds. The molecule has 7 heteroatoms. The molecule has 0 aromatic carbocycles. The summed E-state index contributed by atoms with van der Waals surface area (Å²) in [5, 5.41) is 8.12. The van der Waals surface area contributed by atoms with Crippen LogP contribution in [0.15, 0.2) is 74.3 Å². The van der Waals surface area contributed by atoms with Crippen molar-refractivity contribution in [1.82, 2.24) is 14.8 Å². The fourth-order valence-corrected chi connectivity index (χ4v) is 2.76. The second-order valence-corrected chi connectivity index (χ2v) is 5.65. The highest BCUT2D eigenvalue weighted by molar-refractivity contribution is 5.54. The largest absolute Gasteiger partial charge is 0.435 e. The van der Waals surface area contributed by atoms with Crippen LogP contribution in [0.1, 0.15) is 6.42 Å². The zero-order valence-electron chi connectivity index (χ0n) is 13.2. The second kappa shape index (κ2) is 5.55. The van der Waals surface area contributed by atoms with Gasteiger partial charge >= 0.3 is 0 Å². The minimum atomic E-state index is 0.312. The van der Waals surface area contributed by atoms with Crippen molar-refractivity contribution < 1.29 is 13.3 Å². The first-order chi connectivity index (χ1) is 12.4. The molecule has 0 saturated heterocycles. The number of rotatable bonds is 4. The van der Waals surface area contributed by atoms with Gasteiger partial charge in [-0.1, -0.05) is 6.08 Å². The van der Waals surface area contributed by atoms with Gasteiger partial charge in [0.1, 0.15) is 0 Å². The van der Waals surface area contributed by atoms with Gasteiger partial charge in [0.25, 0.3) is 11.8 Å². The predicted molar refractivity (Wildman–Crippen MR) is 90.1 cm³/mol. The smallest absolute Gasteiger partial charge is 0.284 e. The highest BCUT2D eigenvalue weighted by Gasteiger charge is 2.18. The van der Waals surface area contributed by atoms with Crippen molar-refractivity contribution in [2.45, 2.75) is 6.42 Å². The predicted octanol–water partition coefficient (Wildman–Crippen LogP) is 4.10. The van der Waals surface area contributed by atoms with E-state index in [1.807, 2.05) is 58.4 Å². The SMILES string of the molecule is C1=CN(c2ccc(-c3nnc(-c4ccc(-n5cccc5)o4)o3)o2)CC1. The first-order valence-corrected chi connectivity index (χ1v) is 7.97. The lowest BCUT2D eigenvalue weighted by molar-refractivity contribution is 0.494. The number of nitrogens with zero attached hydrogens (tertiary/aromatic N) is 4. The third-order valence-corrected chi connectivity index (χ3v) is 3.99. The summed E-state index contributed by atoms with van der Waals surface area (Å²) in [6.45, 7) is 0.913. The van der Waals surface area contributed by atoms with Crippen LogP contribution in [0.2, 0.25) is 0 Å².